The Morgan fingerprint density at radius 1 is 1.32 bits per heavy atom. The van der Waals surface area contributed by atoms with E-state index in [9.17, 15) is 0 Å². The number of rotatable bonds is 5. The second-order valence-corrected chi connectivity index (χ2v) is 6.06. The van der Waals surface area contributed by atoms with Crippen LogP contribution in [0.3, 0.4) is 0 Å². The molecule has 2 aromatic rings. The van der Waals surface area contributed by atoms with Crippen molar-refractivity contribution in [3.63, 3.8) is 0 Å². The molecule has 0 radical (unpaired) electrons. The zero-order chi connectivity index (χ0) is 13.8. The highest BCUT2D eigenvalue weighted by Gasteiger charge is 2.16. The van der Waals surface area contributed by atoms with Gasteiger partial charge < -0.3 is 10.5 Å². The Bertz CT molecular complexity index is 553. The minimum absolute atomic E-state index is 0.0833. The average molecular weight is 340 g/mol. The molecule has 1 aromatic carbocycles. The van der Waals surface area contributed by atoms with E-state index in [1.807, 2.05) is 25.1 Å². The van der Waals surface area contributed by atoms with Crippen LogP contribution in [0.5, 0.6) is 5.75 Å². The van der Waals surface area contributed by atoms with Crippen molar-refractivity contribution in [1.82, 2.24) is 0 Å². The molecule has 4 heteroatoms. The molecule has 0 saturated heterocycles. The largest absolute Gasteiger partial charge is 0.494 e. The molecular weight excluding hydrogens is 322 g/mol. The molecule has 1 aromatic heterocycles. The van der Waals surface area contributed by atoms with Crippen LogP contribution in [0, 0.1) is 0 Å². The number of thiophene rings is 1. The standard InChI is InChI=1S/C15H18BrNOS/c1-3-10-7-8-19-15(10)14(17)12-6-5-11(18-4-2)9-13(12)16/h5-9,14H,3-4,17H2,1-2H3. The highest BCUT2D eigenvalue weighted by Crippen LogP contribution is 2.34. The van der Waals surface area contributed by atoms with Gasteiger partial charge in [0.15, 0.2) is 0 Å². The summed E-state index contributed by atoms with van der Waals surface area (Å²) in [6.07, 6.45) is 1.02. The smallest absolute Gasteiger partial charge is 0.120 e. The first-order chi connectivity index (χ1) is 9.17. The fourth-order valence-electron chi connectivity index (χ4n) is 2.07. The summed E-state index contributed by atoms with van der Waals surface area (Å²) in [5, 5.41) is 2.11. The van der Waals surface area contributed by atoms with Crippen LogP contribution in [0.15, 0.2) is 34.1 Å². The molecular formula is C15H18BrNOS. The van der Waals surface area contributed by atoms with Crippen molar-refractivity contribution in [2.24, 2.45) is 5.73 Å². The first-order valence-corrected chi connectivity index (χ1v) is 8.08. The van der Waals surface area contributed by atoms with Crippen LogP contribution in [0.4, 0.5) is 0 Å². The molecule has 0 fully saturated rings. The lowest BCUT2D eigenvalue weighted by Gasteiger charge is -2.15. The van der Waals surface area contributed by atoms with Gasteiger partial charge in [-0.25, -0.2) is 0 Å². The molecule has 0 amide bonds. The van der Waals surface area contributed by atoms with Crippen molar-refractivity contribution in [3.8, 4) is 5.75 Å². The van der Waals surface area contributed by atoms with Gasteiger partial charge in [-0.15, -0.1) is 11.3 Å². The number of aryl methyl sites for hydroxylation is 1. The Morgan fingerprint density at radius 3 is 2.74 bits per heavy atom. The van der Waals surface area contributed by atoms with Gasteiger partial charge in [0, 0.05) is 9.35 Å². The van der Waals surface area contributed by atoms with Crippen LogP contribution in [-0.2, 0) is 6.42 Å². The summed E-state index contributed by atoms with van der Waals surface area (Å²) in [5.41, 5.74) is 8.83. The highest BCUT2D eigenvalue weighted by molar-refractivity contribution is 9.10. The van der Waals surface area contributed by atoms with Crippen molar-refractivity contribution < 1.29 is 4.74 Å². The molecule has 0 aliphatic heterocycles. The second-order valence-electron chi connectivity index (χ2n) is 4.26. The summed E-state index contributed by atoms with van der Waals surface area (Å²) in [5.74, 6) is 0.868. The molecule has 0 saturated carbocycles. The summed E-state index contributed by atoms with van der Waals surface area (Å²) in [4.78, 5) is 1.24. The summed E-state index contributed by atoms with van der Waals surface area (Å²) in [6, 6.07) is 8.07. The van der Waals surface area contributed by atoms with Crippen molar-refractivity contribution in [2.75, 3.05) is 6.61 Å². The van der Waals surface area contributed by atoms with Gasteiger partial charge in [-0.1, -0.05) is 28.9 Å². The van der Waals surface area contributed by atoms with E-state index in [0.29, 0.717) is 6.61 Å². The van der Waals surface area contributed by atoms with Crippen molar-refractivity contribution in [1.29, 1.82) is 0 Å². The summed E-state index contributed by atoms with van der Waals surface area (Å²) < 4.78 is 6.49. The monoisotopic (exact) mass is 339 g/mol. The van der Waals surface area contributed by atoms with E-state index in [1.54, 1.807) is 11.3 Å². The number of ether oxygens (including phenoxy) is 1. The van der Waals surface area contributed by atoms with Gasteiger partial charge >= 0.3 is 0 Å². The molecule has 0 bridgehead atoms. The summed E-state index contributed by atoms with van der Waals surface area (Å²) >= 11 is 5.32. The number of hydrogen-bond donors (Lipinski definition) is 1. The van der Waals surface area contributed by atoms with Crippen molar-refractivity contribution in [2.45, 2.75) is 26.3 Å². The maximum atomic E-state index is 6.40. The number of hydrogen-bond acceptors (Lipinski definition) is 3. The lowest BCUT2D eigenvalue weighted by atomic mass is 10.0. The Morgan fingerprint density at radius 2 is 2.11 bits per heavy atom. The molecule has 1 atom stereocenters. The minimum atomic E-state index is -0.0833. The number of benzene rings is 1. The predicted octanol–water partition coefficient (Wildman–Crippen LogP) is 4.52. The maximum Gasteiger partial charge on any atom is 0.120 e. The van der Waals surface area contributed by atoms with Gasteiger partial charge in [-0.3, -0.25) is 0 Å². The maximum absolute atomic E-state index is 6.40. The fraction of sp³-hybridized carbons (Fsp3) is 0.333. The normalized spacial score (nSPS) is 12.4. The zero-order valence-corrected chi connectivity index (χ0v) is 13.6. The first kappa shape index (κ1) is 14.6. The van der Waals surface area contributed by atoms with E-state index in [-0.39, 0.29) is 6.04 Å². The van der Waals surface area contributed by atoms with Gasteiger partial charge in [0.05, 0.1) is 12.6 Å². The molecule has 2 N–H and O–H groups in total. The van der Waals surface area contributed by atoms with Crippen LogP contribution in [0.1, 0.15) is 35.9 Å². The highest BCUT2D eigenvalue weighted by atomic mass is 79.9. The van der Waals surface area contributed by atoms with Gasteiger partial charge in [-0.05, 0) is 48.1 Å². The minimum Gasteiger partial charge on any atom is -0.494 e. The van der Waals surface area contributed by atoms with E-state index in [0.717, 1.165) is 22.2 Å². The second kappa shape index (κ2) is 6.55. The molecule has 19 heavy (non-hydrogen) atoms. The van der Waals surface area contributed by atoms with Gasteiger partial charge in [0.2, 0.25) is 0 Å². The SMILES string of the molecule is CCOc1ccc(C(N)c2sccc2CC)c(Br)c1. The number of halogens is 1. The topological polar surface area (TPSA) is 35.2 Å². The van der Waals surface area contributed by atoms with E-state index in [4.69, 9.17) is 10.5 Å². The third kappa shape index (κ3) is 3.19. The lowest BCUT2D eigenvalue weighted by Crippen LogP contribution is -2.12. The fourth-order valence-corrected chi connectivity index (χ4v) is 3.69. The third-order valence-corrected chi connectivity index (χ3v) is 4.79. The Hall–Kier alpha value is -0.840. The van der Waals surface area contributed by atoms with Crippen molar-refractivity contribution >= 4 is 27.3 Å². The van der Waals surface area contributed by atoms with Gasteiger partial charge in [0.25, 0.3) is 0 Å². The molecule has 102 valence electrons. The van der Waals surface area contributed by atoms with Gasteiger partial charge in [0.1, 0.15) is 5.75 Å². The molecule has 1 unspecified atom stereocenters. The zero-order valence-electron chi connectivity index (χ0n) is 11.2. The van der Waals surface area contributed by atoms with Crippen LogP contribution >= 0.6 is 27.3 Å². The number of nitrogens with two attached hydrogens (primary N) is 1. The molecule has 0 aliphatic carbocycles. The van der Waals surface area contributed by atoms with E-state index >= 15 is 0 Å². The van der Waals surface area contributed by atoms with Crippen LogP contribution < -0.4 is 10.5 Å². The van der Waals surface area contributed by atoms with E-state index in [1.165, 1.54) is 10.4 Å². The molecule has 1 heterocycles. The van der Waals surface area contributed by atoms with Gasteiger partial charge in [-0.2, -0.15) is 0 Å². The van der Waals surface area contributed by atoms with Crippen molar-refractivity contribution in [3.05, 3.63) is 50.1 Å². The summed E-state index contributed by atoms with van der Waals surface area (Å²) in [6.45, 7) is 4.81. The van der Waals surface area contributed by atoms with Crippen LogP contribution in [0.25, 0.3) is 0 Å². The van der Waals surface area contributed by atoms with E-state index < -0.39 is 0 Å². The first-order valence-electron chi connectivity index (χ1n) is 6.41. The Kier molecular flexibility index (Phi) is 5.02. The molecule has 0 spiro atoms. The predicted molar refractivity (Wildman–Crippen MR) is 85.0 cm³/mol. The molecule has 0 aliphatic rings. The summed E-state index contributed by atoms with van der Waals surface area (Å²) in [7, 11) is 0. The van der Waals surface area contributed by atoms with Crippen LogP contribution in [-0.4, -0.2) is 6.61 Å². The lowest BCUT2D eigenvalue weighted by molar-refractivity contribution is 0.340. The average Bonchev–Trinajstić information content (AvgIpc) is 2.87. The quantitative estimate of drug-likeness (QED) is 0.869. The van der Waals surface area contributed by atoms with Crippen LogP contribution in [0.2, 0.25) is 0 Å². The molecule has 2 rings (SSSR count). The third-order valence-electron chi connectivity index (χ3n) is 3.06. The molecule has 2 nitrogen and oxygen atoms in total. The van der Waals surface area contributed by atoms with E-state index in [2.05, 4.69) is 34.3 Å². The Labute approximate surface area is 126 Å². The Balaban J connectivity index is 2.31.